The first-order valence-electron chi connectivity index (χ1n) is 4.94. The molecule has 0 radical (unpaired) electrons. The Morgan fingerprint density at radius 2 is 2.38 bits per heavy atom. The second kappa shape index (κ2) is 4.89. The Bertz CT molecular complexity index is 413. The van der Waals surface area contributed by atoms with Crippen molar-refractivity contribution in [1.82, 2.24) is 0 Å². The fourth-order valence-electron chi connectivity index (χ4n) is 1.58. The van der Waals surface area contributed by atoms with E-state index in [0.717, 1.165) is 16.6 Å². The number of benzene rings is 1. The van der Waals surface area contributed by atoms with Crippen molar-refractivity contribution >= 4 is 28.3 Å². The molecule has 1 aliphatic heterocycles. The minimum atomic E-state index is 0.0729. The molecule has 2 N–H and O–H groups in total. The minimum Gasteiger partial charge on any atom is -0.485 e. The van der Waals surface area contributed by atoms with Crippen LogP contribution in [-0.2, 0) is 4.74 Å². The van der Waals surface area contributed by atoms with Crippen LogP contribution in [0.15, 0.2) is 12.1 Å². The summed E-state index contributed by atoms with van der Waals surface area (Å²) in [6, 6.07) is 5.46. The van der Waals surface area contributed by atoms with Crippen molar-refractivity contribution in [2.45, 2.75) is 12.5 Å². The van der Waals surface area contributed by atoms with Crippen LogP contribution in [0.25, 0.3) is 0 Å². The first kappa shape index (κ1) is 11.5. The van der Waals surface area contributed by atoms with E-state index in [9.17, 15) is 0 Å². The summed E-state index contributed by atoms with van der Waals surface area (Å²) < 4.78 is 11.9. The van der Waals surface area contributed by atoms with Crippen LogP contribution >= 0.6 is 22.6 Å². The quantitative estimate of drug-likeness (QED) is 0.664. The van der Waals surface area contributed by atoms with E-state index in [1.807, 2.05) is 0 Å². The van der Waals surface area contributed by atoms with E-state index in [4.69, 9.17) is 20.5 Å². The number of rotatable bonds is 2. The lowest BCUT2D eigenvalue weighted by molar-refractivity contribution is 0.141. The molecule has 0 aliphatic carbocycles. The Kier molecular flexibility index (Phi) is 3.51. The lowest BCUT2D eigenvalue weighted by Crippen LogP contribution is -2.17. The lowest BCUT2D eigenvalue weighted by atomic mass is 10.2. The summed E-state index contributed by atoms with van der Waals surface area (Å²) in [5, 5.41) is 8.79. The van der Waals surface area contributed by atoms with Crippen LogP contribution in [-0.4, -0.2) is 19.3 Å². The monoisotopic (exact) mass is 330 g/mol. The fourth-order valence-corrected chi connectivity index (χ4v) is 2.35. The molecule has 1 aromatic carbocycles. The molecular formula is C11H11IN2O2. The Labute approximate surface area is 107 Å². The topological polar surface area (TPSA) is 68.3 Å². The first-order chi connectivity index (χ1) is 7.70. The highest BCUT2D eigenvalue weighted by Gasteiger charge is 2.19. The number of nitrogen functional groups attached to an aromatic ring is 1. The zero-order valence-corrected chi connectivity index (χ0v) is 10.7. The molecule has 1 heterocycles. The average Bonchev–Trinajstić information content (AvgIpc) is 2.75. The maximum atomic E-state index is 8.79. The second-order valence-corrected chi connectivity index (χ2v) is 4.75. The molecule has 1 unspecified atom stereocenters. The van der Waals surface area contributed by atoms with Crippen molar-refractivity contribution < 1.29 is 9.47 Å². The number of halogens is 1. The zero-order chi connectivity index (χ0) is 11.5. The number of hydrogen-bond donors (Lipinski definition) is 1. The van der Waals surface area contributed by atoms with Crippen molar-refractivity contribution in [2.75, 3.05) is 18.9 Å². The number of anilines is 1. The smallest absolute Gasteiger partial charge is 0.156 e. The van der Waals surface area contributed by atoms with E-state index < -0.39 is 0 Å². The molecule has 0 saturated carbocycles. The van der Waals surface area contributed by atoms with E-state index in [1.165, 1.54) is 0 Å². The molecule has 2 rings (SSSR count). The van der Waals surface area contributed by atoms with Crippen LogP contribution in [0, 0.1) is 14.9 Å². The predicted octanol–water partition coefficient (Wildman–Crippen LogP) is 1.91. The van der Waals surface area contributed by atoms with Crippen LogP contribution in [0.1, 0.15) is 12.0 Å². The molecule has 1 aromatic rings. The molecule has 0 aromatic heterocycles. The summed E-state index contributed by atoms with van der Waals surface area (Å²) in [6.07, 6.45) is 0.957. The van der Waals surface area contributed by atoms with Gasteiger partial charge in [-0.05, 0) is 34.7 Å². The molecular weight excluding hydrogens is 319 g/mol. The van der Waals surface area contributed by atoms with Gasteiger partial charge in [0.25, 0.3) is 0 Å². The van der Waals surface area contributed by atoms with Crippen molar-refractivity contribution in [2.24, 2.45) is 0 Å². The van der Waals surface area contributed by atoms with Crippen LogP contribution in [0.5, 0.6) is 5.75 Å². The van der Waals surface area contributed by atoms with E-state index in [1.54, 1.807) is 12.1 Å². The van der Waals surface area contributed by atoms with Crippen LogP contribution in [0.4, 0.5) is 5.69 Å². The summed E-state index contributed by atoms with van der Waals surface area (Å²) >= 11 is 2.12. The van der Waals surface area contributed by atoms with Gasteiger partial charge in [0.1, 0.15) is 6.10 Å². The maximum absolute atomic E-state index is 8.79. The summed E-state index contributed by atoms with van der Waals surface area (Å²) in [7, 11) is 0. The van der Waals surface area contributed by atoms with Crippen LogP contribution in [0.2, 0.25) is 0 Å². The van der Waals surface area contributed by atoms with E-state index >= 15 is 0 Å². The molecule has 1 atom stereocenters. The number of nitrogens with zero attached hydrogens (tertiary/aromatic N) is 1. The van der Waals surface area contributed by atoms with Gasteiger partial charge in [-0.25, -0.2) is 0 Å². The molecule has 4 nitrogen and oxygen atoms in total. The first-order valence-corrected chi connectivity index (χ1v) is 6.02. The molecule has 0 amide bonds. The summed E-state index contributed by atoms with van der Waals surface area (Å²) in [5.41, 5.74) is 6.92. The van der Waals surface area contributed by atoms with Crippen LogP contribution < -0.4 is 10.5 Å². The van der Waals surface area contributed by atoms with E-state index in [-0.39, 0.29) is 6.10 Å². The van der Waals surface area contributed by atoms with Gasteiger partial charge in [0.05, 0.1) is 34.1 Å². The average molecular weight is 330 g/mol. The van der Waals surface area contributed by atoms with Gasteiger partial charge < -0.3 is 15.2 Å². The molecule has 0 bridgehead atoms. The molecule has 1 aliphatic rings. The fraction of sp³-hybridized carbons (Fsp3) is 0.364. The summed E-state index contributed by atoms with van der Waals surface area (Å²) in [5.74, 6) is 0.662. The van der Waals surface area contributed by atoms with E-state index in [2.05, 4.69) is 28.7 Å². The van der Waals surface area contributed by atoms with Gasteiger partial charge in [0.15, 0.2) is 5.75 Å². The Balaban J connectivity index is 2.23. The Morgan fingerprint density at radius 3 is 2.94 bits per heavy atom. The van der Waals surface area contributed by atoms with Gasteiger partial charge in [0.2, 0.25) is 0 Å². The number of hydrogen-bond acceptors (Lipinski definition) is 4. The van der Waals surface area contributed by atoms with E-state index in [0.29, 0.717) is 23.6 Å². The van der Waals surface area contributed by atoms with Gasteiger partial charge in [0, 0.05) is 6.42 Å². The molecule has 16 heavy (non-hydrogen) atoms. The third-order valence-electron chi connectivity index (χ3n) is 2.37. The normalized spacial score (nSPS) is 19.4. The summed E-state index contributed by atoms with van der Waals surface area (Å²) in [6.45, 7) is 1.34. The highest BCUT2D eigenvalue weighted by Crippen LogP contribution is 2.31. The van der Waals surface area contributed by atoms with Crippen molar-refractivity contribution in [3.63, 3.8) is 0 Å². The third-order valence-corrected chi connectivity index (χ3v) is 3.18. The number of nitriles is 1. The second-order valence-electron chi connectivity index (χ2n) is 3.59. The SMILES string of the molecule is N#Cc1cc(N)c(OC2CCOC2)c(I)c1. The lowest BCUT2D eigenvalue weighted by Gasteiger charge is -2.15. The van der Waals surface area contributed by atoms with Crippen molar-refractivity contribution in [3.05, 3.63) is 21.3 Å². The van der Waals surface area contributed by atoms with Gasteiger partial charge in [-0.1, -0.05) is 0 Å². The number of nitrogens with two attached hydrogens (primary N) is 1. The largest absolute Gasteiger partial charge is 0.485 e. The molecule has 1 fully saturated rings. The zero-order valence-electron chi connectivity index (χ0n) is 8.57. The third kappa shape index (κ3) is 2.39. The Hall–Kier alpha value is -1.00. The van der Waals surface area contributed by atoms with Gasteiger partial charge in [-0.3, -0.25) is 0 Å². The maximum Gasteiger partial charge on any atom is 0.156 e. The van der Waals surface area contributed by atoms with Gasteiger partial charge in [-0.15, -0.1) is 0 Å². The standard InChI is InChI=1S/C11H11IN2O2/c12-9-3-7(5-13)4-10(14)11(9)16-8-1-2-15-6-8/h3-4,8H,1-2,6,14H2. The molecule has 84 valence electrons. The predicted molar refractivity (Wildman–Crippen MR) is 68.1 cm³/mol. The van der Waals surface area contributed by atoms with Crippen molar-refractivity contribution in [3.8, 4) is 11.8 Å². The van der Waals surface area contributed by atoms with Crippen LogP contribution in [0.3, 0.4) is 0 Å². The Morgan fingerprint density at radius 1 is 1.56 bits per heavy atom. The minimum absolute atomic E-state index is 0.0729. The summed E-state index contributed by atoms with van der Waals surface area (Å²) in [4.78, 5) is 0. The molecule has 0 spiro atoms. The highest BCUT2D eigenvalue weighted by atomic mass is 127. The molecule has 1 saturated heterocycles. The van der Waals surface area contributed by atoms with Gasteiger partial charge in [-0.2, -0.15) is 5.26 Å². The van der Waals surface area contributed by atoms with Gasteiger partial charge >= 0.3 is 0 Å². The highest BCUT2D eigenvalue weighted by molar-refractivity contribution is 14.1. The number of ether oxygens (including phenoxy) is 2. The van der Waals surface area contributed by atoms with Crippen molar-refractivity contribution in [1.29, 1.82) is 5.26 Å². The molecule has 5 heteroatoms.